The van der Waals surface area contributed by atoms with Gasteiger partial charge < -0.3 is 29.5 Å². The minimum atomic E-state index is -1.48. The van der Waals surface area contributed by atoms with Crippen LogP contribution in [0.2, 0.25) is 0 Å². The lowest BCUT2D eigenvalue weighted by Gasteiger charge is -2.37. The van der Waals surface area contributed by atoms with Gasteiger partial charge in [-0.05, 0) is 89.4 Å². The van der Waals surface area contributed by atoms with Crippen molar-refractivity contribution in [1.82, 2.24) is 14.1 Å². The van der Waals surface area contributed by atoms with Gasteiger partial charge in [-0.25, -0.2) is 9.59 Å². The van der Waals surface area contributed by atoms with E-state index in [2.05, 4.69) is 37.8 Å². The first-order chi connectivity index (χ1) is 22.2. The highest BCUT2D eigenvalue weighted by molar-refractivity contribution is 9.10. The molecule has 46 heavy (non-hydrogen) atoms. The van der Waals surface area contributed by atoms with Crippen molar-refractivity contribution in [2.75, 3.05) is 38.0 Å². The van der Waals surface area contributed by atoms with E-state index in [9.17, 15) is 24.0 Å². The van der Waals surface area contributed by atoms with E-state index in [1.807, 2.05) is 29.2 Å². The molecule has 0 spiro atoms. The zero-order valence-electron chi connectivity index (χ0n) is 25.3. The molecule has 3 aliphatic heterocycles. The number of anilines is 1. The molecule has 2 aromatic carbocycles. The normalized spacial score (nSPS) is 19.1. The van der Waals surface area contributed by atoms with E-state index in [4.69, 9.17) is 9.88 Å². The number of para-hydroxylation sites is 1. The molecule has 1 unspecified atom stereocenters. The molecule has 244 valence electrons. The number of benzene rings is 2. The van der Waals surface area contributed by atoms with Gasteiger partial charge in [-0.3, -0.25) is 4.79 Å². The maximum atomic E-state index is 13.3. The summed E-state index contributed by atoms with van der Waals surface area (Å²) < 4.78 is 19.3. The molecular weight excluding hydrogens is 676 g/mol. The number of nitrogens with two attached hydrogens (primary N) is 1. The number of piperidine rings is 2. The number of phenols is 1. The highest BCUT2D eigenvalue weighted by Crippen LogP contribution is 2.27. The van der Waals surface area contributed by atoms with Gasteiger partial charge in [-0.15, -0.1) is 9.44 Å². The lowest BCUT2D eigenvalue weighted by Crippen LogP contribution is -2.50. The van der Waals surface area contributed by atoms with Crippen molar-refractivity contribution in [2.24, 2.45) is 16.0 Å². The smallest absolute Gasteiger partial charge is 0.410 e. The van der Waals surface area contributed by atoms with E-state index in [0.717, 1.165) is 30.5 Å². The number of carbonyl (C=O) groups is 3. The number of hydrogen-bond acceptors (Lipinski definition) is 8. The first-order valence-corrected chi connectivity index (χ1v) is 17.2. The monoisotopic (exact) mass is 712 g/mol. The number of likely N-dealkylation sites (tertiary alicyclic amines) is 1. The quantitative estimate of drug-likeness (QED) is 0.221. The SMILES string of the molecule is N[S+]([O-])N1CCC(C=C=C=NC(=O)[C@@H](Cc2ccc(O)c(Br)c2)OC(=O)N2CCC(N3CCc4ccccc4NC3=O)CC2)CC1. The minimum absolute atomic E-state index is 0.0312. The molecule has 3 aliphatic rings. The number of nitrogens with one attached hydrogen (secondary N) is 1. The molecule has 14 heteroatoms. The number of fused-ring (bicyclic) bond motifs is 1. The second-order valence-corrected chi connectivity index (χ2v) is 13.4. The van der Waals surface area contributed by atoms with Gasteiger partial charge in [-0.2, -0.15) is 4.99 Å². The van der Waals surface area contributed by atoms with Gasteiger partial charge in [0.2, 0.25) is 0 Å². The molecule has 4 N–H and O–H groups in total. The van der Waals surface area contributed by atoms with Crippen molar-refractivity contribution >= 4 is 57.1 Å². The number of aliphatic imine (C=N–C) groups is 1. The molecule has 2 saturated heterocycles. The fourth-order valence-electron chi connectivity index (χ4n) is 5.90. The number of carbonyl (C=O) groups excluding carboxylic acids is 3. The summed E-state index contributed by atoms with van der Waals surface area (Å²) in [5.74, 6) is 2.06. The summed E-state index contributed by atoms with van der Waals surface area (Å²) in [7, 11) is 0. The van der Waals surface area contributed by atoms with Crippen LogP contribution in [0.4, 0.5) is 15.3 Å². The first kappa shape index (κ1) is 33.7. The van der Waals surface area contributed by atoms with Crippen LogP contribution in [0.1, 0.15) is 36.8 Å². The van der Waals surface area contributed by atoms with Crippen LogP contribution in [0.15, 0.2) is 63.7 Å². The van der Waals surface area contributed by atoms with E-state index < -0.39 is 29.7 Å². The van der Waals surface area contributed by atoms with Gasteiger partial charge in [0, 0.05) is 56.7 Å². The Labute approximate surface area is 279 Å². The Kier molecular flexibility index (Phi) is 11.6. The number of phenolic OH excluding ortho intramolecular Hbond substituents is 1. The molecule has 0 radical (unpaired) electrons. The van der Waals surface area contributed by atoms with Gasteiger partial charge in [0.1, 0.15) is 17.3 Å². The van der Waals surface area contributed by atoms with Crippen LogP contribution in [0.25, 0.3) is 0 Å². The number of hydrogen-bond donors (Lipinski definition) is 3. The van der Waals surface area contributed by atoms with Crippen LogP contribution in [0, 0.1) is 5.92 Å². The number of amides is 4. The Morgan fingerprint density at radius 2 is 1.89 bits per heavy atom. The predicted molar refractivity (Wildman–Crippen MR) is 177 cm³/mol. The third kappa shape index (κ3) is 8.80. The standard InChI is InChI=1S/C32H37BrN6O6S/c33-26-20-23(7-8-28(26)40)21-29(30(41)35-14-3-4-22-9-17-38(18-10-22)46(34)44)45-32(43)37-15-12-25(13-16-37)39-19-11-24-5-1-2-6-27(24)36-31(39)42/h1-2,4-8,20,22,25,29,40H,9-13,15-19,21,34H2,(H,36,42)/t29-,46?/m1/s1. The van der Waals surface area contributed by atoms with Gasteiger partial charge in [0.05, 0.1) is 4.47 Å². The average Bonchev–Trinajstić information content (AvgIpc) is 3.22. The fraction of sp³-hybridized carbons (Fsp3) is 0.438. The number of halogens is 1. The summed E-state index contributed by atoms with van der Waals surface area (Å²) in [5, 5.41) is 18.3. The van der Waals surface area contributed by atoms with Gasteiger partial charge in [0.15, 0.2) is 6.10 Å². The Bertz CT molecular complexity index is 1530. The van der Waals surface area contributed by atoms with E-state index in [-0.39, 0.29) is 30.2 Å². The van der Waals surface area contributed by atoms with Crippen LogP contribution in [0.5, 0.6) is 5.75 Å². The lowest BCUT2D eigenvalue weighted by molar-refractivity contribution is -0.126. The molecule has 3 heterocycles. The molecule has 4 amide bonds. The Hall–Kier alpha value is -3.61. The number of rotatable bonds is 7. The van der Waals surface area contributed by atoms with Crippen LogP contribution in [-0.2, 0) is 33.9 Å². The largest absolute Gasteiger partial charge is 0.579 e. The van der Waals surface area contributed by atoms with E-state index in [0.29, 0.717) is 55.6 Å². The summed E-state index contributed by atoms with van der Waals surface area (Å²) in [6, 6.07) is 12.4. The number of nitrogens with zero attached hydrogens (tertiary/aromatic N) is 4. The van der Waals surface area contributed by atoms with E-state index in [1.165, 1.54) is 6.07 Å². The summed E-state index contributed by atoms with van der Waals surface area (Å²) >= 11 is 1.80. The molecule has 5 rings (SSSR count). The zero-order chi connectivity index (χ0) is 32.6. The molecule has 12 nitrogen and oxygen atoms in total. The minimum Gasteiger partial charge on any atom is -0.579 e. The molecule has 2 aromatic rings. The topological polar surface area (TPSA) is 164 Å². The summed E-state index contributed by atoms with van der Waals surface area (Å²) in [6.45, 7) is 2.52. The Morgan fingerprint density at radius 3 is 2.61 bits per heavy atom. The summed E-state index contributed by atoms with van der Waals surface area (Å²) in [6.07, 6.45) is 3.34. The number of allylic oxidation sites excluding steroid dienone is 1. The van der Waals surface area contributed by atoms with Crippen molar-refractivity contribution in [2.45, 2.75) is 50.7 Å². The average molecular weight is 714 g/mol. The number of aromatic hydroxyl groups is 1. The third-order valence-electron chi connectivity index (χ3n) is 8.56. The molecule has 0 aromatic heterocycles. The van der Waals surface area contributed by atoms with Crippen molar-refractivity contribution in [3.05, 3.63) is 69.9 Å². The molecule has 2 fully saturated rings. The number of urea groups is 1. The highest BCUT2D eigenvalue weighted by atomic mass is 79.9. The highest BCUT2D eigenvalue weighted by Gasteiger charge is 2.33. The maximum absolute atomic E-state index is 13.3. The zero-order valence-corrected chi connectivity index (χ0v) is 27.7. The predicted octanol–water partition coefficient (Wildman–Crippen LogP) is 3.91. The van der Waals surface area contributed by atoms with Gasteiger partial charge in [0.25, 0.3) is 5.91 Å². The lowest BCUT2D eigenvalue weighted by atomic mass is 9.98. The third-order valence-corrected chi connectivity index (χ3v) is 10.1. The van der Waals surface area contributed by atoms with Crippen molar-refractivity contribution < 1.29 is 28.8 Å². The number of ether oxygens (including phenoxy) is 1. The first-order valence-electron chi connectivity index (χ1n) is 15.3. The van der Waals surface area contributed by atoms with Crippen LogP contribution < -0.4 is 10.5 Å². The van der Waals surface area contributed by atoms with Gasteiger partial charge in [-0.1, -0.05) is 30.0 Å². The molecule has 0 bridgehead atoms. The summed E-state index contributed by atoms with van der Waals surface area (Å²) in [4.78, 5) is 46.7. The Morgan fingerprint density at radius 1 is 1.15 bits per heavy atom. The van der Waals surface area contributed by atoms with Crippen molar-refractivity contribution in [3.63, 3.8) is 0 Å². The fourth-order valence-corrected chi connectivity index (χ4v) is 6.90. The molecule has 0 aliphatic carbocycles. The second kappa shape index (κ2) is 15.8. The Balaban J connectivity index is 1.20. The van der Waals surface area contributed by atoms with Crippen molar-refractivity contribution in [3.8, 4) is 5.75 Å². The van der Waals surface area contributed by atoms with E-state index >= 15 is 0 Å². The molecular formula is C32H37BrN6O6S. The second-order valence-electron chi connectivity index (χ2n) is 11.5. The van der Waals surface area contributed by atoms with E-state index in [1.54, 1.807) is 27.4 Å². The maximum Gasteiger partial charge on any atom is 0.410 e. The van der Waals surface area contributed by atoms with Crippen LogP contribution in [-0.4, -0.2) is 92.5 Å². The molecule has 2 atom stereocenters. The van der Waals surface area contributed by atoms with Gasteiger partial charge >= 0.3 is 12.1 Å². The summed E-state index contributed by atoms with van der Waals surface area (Å²) in [5.41, 5.74) is 5.39. The molecule has 0 saturated carbocycles. The van der Waals surface area contributed by atoms with Crippen LogP contribution >= 0.6 is 15.9 Å². The van der Waals surface area contributed by atoms with Crippen LogP contribution in [0.3, 0.4) is 0 Å². The van der Waals surface area contributed by atoms with Crippen molar-refractivity contribution in [1.29, 1.82) is 0 Å².